The minimum absolute atomic E-state index is 0.0253. The molecule has 8 heteroatoms. The molecule has 1 atom stereocenters. The van der Waals surface area contributed by atoms with Gasteiger partial charge >= 0.3 is 6.18 Å². The molecule has 152 valence electrons. The average molecular weight is 398 g/mol. The van der Waals surface area contributed by atoms with E-state index in [4.69, 9.17) is 23.7 Å². The highest BCUT2D eigenvalue weighted by Crippen LogP contribution is 2.40. The van der Waals surface area contributed by atoms with Crippen LogP contribution in [-0.4, -0.2) is 33.6 Å². The lowest BCUT2D eigenvalue weighted by molar-refractivity contribution is -0.227. The molecule has 0 spiro atoms. The van der Waals surface area contributed by atoms with Crippen LogP contribution in [0.15, 0.2) is 42.5 Å². The Balaban J connectivity index is 1.87. The average Bonchev–Trinajstić information content (AvgIpc) is 3.22. The standard InChI is InChI=1S/C20H21F3O5/c1-24-16-10-14(19-26-8-9-27-19)11-17(25-2)15(16)12-28-18(20(21,22)23)13-6-4-3-5-7-13/h3-7,10-11,18-19H,8-9,12H2,1-2H3. The van der Waals surface area contributed by atoms with Crippen molar-refractivity contribution >= 4 is 0 Å². The lowest BCUT2D eigenvalue weighted by atomic mass is 10.1. The van der Waals surface area contributed by atoms with Gasteiger partial charge < -0.3 is 23.7 Å². The van der Waals surface area contributed by atoms with Gasteiger partial charge in [0, 0.05) is 5.56 Å². The first-order valence-electron chi connectivity index (χ1n) is 8.65. The molecule has 2 aromatic carbocycles. The van der Waals surface area contributed by atoms with Crippen molar-refractivity contribution in [2.24, 2.45) is 0 Å². The van der Waals surface area contributed by atoms with Crippen molar-refractivity contribution < 1.29 is 36.9 Å². The van der Waals surface area contributed by atoms with Crippen LogP contribution < -0.4 is 9.47 Å². The maximum atomic E-state index is 13.5. The quantitative estimate of drug-likeness (QED) is 0.684. The van der Waals surface area contributed by atoms with Gasteiger partial charge in [0.15, 0.2) is 12.4 Å². The second-order valence-electron chi connectivity index (χ2n) is 6.12. The molecule has 0 radical (unpaired) electrons. The molecule has 0 saturated carbocycles. The highest BCUT2D eigenvalue weighted by molar-refractivity contribution is 5.48. The van der Waals surface area contributed by atoms with Crippen molar-refractivity contribution in [1.29, 1.82) is 0 Å². The van der Waals surface area contributed by atoms with E-state index in [9.17, 15) is 13.2 Å². The number of methoxy groups -OCH3 is 2. The first-order valence-corrected chi connectivity index (χ1v) is 8.65. The highest BCUT2D eigenvalue weighted by Gasteiger charge is 2.42. The fourth-order valence-corrected chi connectivity index (χ4v) is 3.01. The molecule has 5 nitrogen and oxygen atoms in total. The molecular weight excluding hydrogens is 377 g/mol. The minimum atomic E-state index is -4.56. The molecule has 1 heterocycles. The number of alkyl halides is 3. The number of rotatable bonds is 7. The number of ether oxygens (including phenoxy) is 5. The van der Waals surface area contributed by atoms with Crippen LogP contribution in [0.4, 0.5) is 13.2 Å². The molecular formula is C20H21F3O5. The predicted molar refractivity (Wildman–Crippen MR) is 94.2 cm³/mol. The van der Waals surface area contributed by atoms with Gasteiger partial charge in [-0.15, -0.1) is 0 Å². The van der Waals surface area contributed by atoms with Crippen LogP contribution in [-0.2, 0) is 20.8 Å². The van der Waals surface area contributed by atoms with Crippen LogP contribution in [0.2, 0.25) is 0 Å². The normalized spacial score (nSPS) is 16.2. The summed E-state index contributed by atoms with van der Waals surface area (Å²) in [5.41, 5.74) is 1.06. The first-order chi connectivity index (χ1) is 13.4. The lowest BCUT2D eigenvalue weighted by Gasteiger charge is -2.23. The molecule has 0 amide bonds. The summed E-state index contributed by atoms with van der Waals surface area (Å²) in [5.74, 6) is 0.671. The monoisotopic (exact) mass is 398 g/mol. The summed E-state index contributed by atoms with van der Waals surface area (Å²) in [6.45, 7) is 0.576. The Morgan fingerprint density at radius 3 is 2.07 bits per heavy atom. The van der Waals surface area contributed by atoms with E-state index >= 15 is 0 Å². The molecule has 1 aliphatic rings. The van der Waals surface area contributed by atoms with Gasteiger partial charge in [0.1, 0.15) is 11.5 Å². The van der Waals surface area contributed by atoms with Gasteiger partial charge in [-0.1, -0.05) is 30.3 Å². The molecule has 1 saturated heterocycles. The Morgan fingerprint density at radius 2 is 1.57 bits per heavy atom. The van der Waals surface area contributed by atoms with Crippen LogP contribution in [0.1, 0.15) is 29.1 Å². The van der Waals surface area contributed by atoms with Gasteiger partial charge in [-0.25, -0.2) is 0 Å². The van der Waals surface area contributed by atoms with E-state index in [1.165, 1.54) is 38.5 Å². The van der Waals surface area contributed by atoms with E-state index in [1.807, 2.05) is 0 Å². The van der Waals surface area contributed by atoms with Gasteiger partial charge in [-0.3, -0.25) is 0 Å². The number of hydrogen-bond donors (Lipinski definition) is 0. The SMILES string of the molecule is COc1cc(C2OCCO2)cc(OC)c1COC(c1ccccc1)C(F)(F)F. The fraction of sp³-hybridized carbons (Fsp3) is 0.400. The van der Waals surface area contributed by atoms with Crippen LogP contribution in [0.3, 0.4) is 0 Å². The topological polar surface area (TPSA) is 46.2 Å². The van der Waals surface area contributed by atoms with Crippen molar-refractivity contribution in [1.82, 2.24) is 0 Å². The lowest BCUT2D eigenvalue weighted by Crippen LogP contribution is -2.23. The van der Waals surface area contributed by atoms with Gasteiger partial charge in [0.05, 0.1) is 39.6 Å². The van der Waals surface area contributed by atoms with E-state index in [2.05, 4.69) is 0 Å². The van der Waals surface area contributed by atoms with Crippen LogP contribution >= 0.6 is 0 Å². The maximum absolute atomic E-state index is 13.5. The largest absolute Gasteiger partial charge is 0.496 e. The Hall–Kier alpha value is -2.29. The van der Waals surface area contributed by atoms with Gasteiger partial charge in [0.2, 0.25) is 0 Å². The van der Waals surface area contributed by atoms with E-state index < -0.39 is 18.6 Å². The zero-order chi connectivity index (χ0) is 20.1. The minimum Gasteiger partial charge on any atom is -0.496 e. The number of benzene rings is 2. The maximum Gasteiger partial charge on any atom is 0.418 e. The van der Waals surface area contributed by atoms with E-state index in [0.717, 1.165) is 0 Å². The molecule has 0 bridgehead atoms. The zero-order valence-corrected chi connectivity index (χ0v) is 15.5. The Labute approximate surface area is 160 Å². The molecule has 0 N–H and O–H groups in total. The third kappa shape index (κ3) is 4.57. The molecule has 28 heavy (non-hydrogen) atoms. The molecule has 0 aliphatic carbocycles. The summed E-state index contributed by atoms with van der Waals surface area (Å²) in [5, 5.41) is 0. The molecule has 3 rings (SSSR count). The molecule has 1 aliphatic heterocycles. The first kappa shape index (κ1) is 20.4. The van der Waals surface area contributed by atoms with Gasteiger partial charge in [-0.05, 0) is 17.7 Å². The van der Waals surface area contributed by atoms with Gasteiger partial charge in [0.25, 0.3) is 0 Å². The molecule has 0 aromatic heterocycles. The third-order valence-electron chi connectivity index (χ3n) is 4.32. The van der Waals surface area contributed by atoms with Crippen molar-refractivity contribution in [2.45, 2.75) is 25.2 Å². The van der Waals surface area contributed by atoms with Crippen molar-refractivity contribution in [2.75, 3.05) is 27.4 Å². The van der Waals surface area contributed by atoms with Crippen LogP contribution in [0.5, 0.6) is 11.5 Å². The summed E-state index contributed by atoms with van der Waals surface area (Å²) < 4.78 is 67.5. The van der Waals surface area contributed by atoms with Crippen molar-refractivity contribution in [3.05, 3.63) is 59.2 Å². The summed E-state index contributed by atoms with van der Waals surface area (Å²) in [6.07, 6.45) is -7.19. The fourth-order valence-electron chi connectivity index (χ4n) is 3.01. The molecule has 2 aromatic rings. The van der Waals surface area contributed by atoms with E-state index in [-0.39, 0.29) is 12.2 Å². The second kappa shape index (κ2) is 8.81. The van der Waals surface area contributed by atoms with E-state index in [0.29, 0.717) is 35.8 Å². The van der Waals surface area contributed by atoms with Crippen molar-refractivity contribution in [3.63, 3.8) is 0 Å². The van der Waals surface area contributed by atoms with Crippen LogP contribution in [0, 0.1) is 0 Å². The number of hydrogen-bond acceptors (Lipinski definition) is 5. The number of halogens is 3. The molecule has 1 fully saturated rings. The van der Waals surface area contributed by atoms with Gasteiger partial charge in [-0.2, -0.15) is 13.2 Å². The van der Waals surface area contributed by atoms with Crippen LogP contribution in [0.25, 0.3) is 0 Å². The van der Waals surface area contributed by atoms with E-state index in [1.54, 1.807) is 18.2 Å². The summed E-state index contributed by atoms with van der Waals surface area (Å²) in [4.78, 5) is 0. The smallest absolute Gasteiger partial charge is 0.418 e. The molecule has 1 unspecified atom stereocenters. The Bertz CT molecular complexity index is 748. The summed E-state index contributed by atoms with van der Waals surface area (Å²) in [7, 11) is 2.85. The van der Waals surface area contributed by atoms with Crippen molar-refractivity contribution in [3.8, 4) is 11.5 Å². The second-order valence-corrected chi connectivity index (χ2v) is 6.12. The summed E-state index contributed by atoms with van der Waals surface area (Å²) in [6, 6.07) is 10.8. The Kier molecular flexibility index (Phi) is 6.43. The predicted octanol–water partition coefficient (Wildman–Crippen LogP) is 4.57. The Morgan fingerprint density at radius 1 is 1.00 bits per heavy atom. The zero-order valence-electron chi connectivity index (χ0n) is 15.5. The third-order valence-corrected chi connectivity index (χ3v) is 4.32. The summed E-state index contributed by atoms with van der Waals surface area (Å²) >= 11 is 0. The highest BCUT2D eigenvalue weighted by atomic mass is 19.4.